The van der Waals surface area contributed by atoms with Crippen molar-refractivity contribution in [2.75, 3.05) is 0 Å². The molecule has 0 fully saturated rings. The van der Waals surface area contributed by atoms with Crippen LogP contribution >= 0.6 is 0 Å². The molecular formula is C8H8. The molecule has 0 N–H and O–H groups in total. The molecule has 0 unspecified atom stereocenters. The molecule has 0 saturated carbocycles. The third-order valence-electron chi connectivity index (χ3n) is 1.16. The molecule has 1 aliphatic carbocycles. The quantitative estimate of drug-likeness (QED) is 0.412. The van der Waals surface area contributed by atoms with E-state index >= 15 is 0 Å². The van der Waals surface area contributed by atoms with Gasteiger partial charge in [0.1, 0.15) is 0 Å². The Balaban J connectivity index is 2.68. The van der Waals surface area contributed by atoms with Crippen molar-refractivity contribution in [3.05, 3.63) is 23.8 Å². The normalized spacial score (nSPS) is 17.1. The van der Waals surface area contributed by atoms with Gasteiger partial charge in [0.05, 0.1) is 0 Å². The SMILES string of the molecule is C#CC1=CCCC=C1. The zero-order chi connectivity index (χ0) is 5.82. The number of allylic oxidation sites excluding steroid dienone is 4. The third-order valence-corrected chi connectivity index (χ3v) is 1.16. The van der Waals surface area contributed by atoms with Crippen LogP contribution in [0.25, 0.3) is 0 Å². The number of terminal acetylenes is 1. The lowest BCUT2D eigenvalue weighted by molar-refractivity contribution is 1.03. The molecule has 0 aromatic heterocycles. The average molecular weight is 104 g/mol. The summed E-state index contributed by atoms with van der Waals surface area (Å²) in [5, 5.41) is 0. The molecule has 0 aromatic rings. The zero-order valence-electron chi connectivity index (χ0n) is 4.72. The second kappa shape index (κ2) is 2.37. The number of rotatable bonds is 0. The first-order chi connectivity index (χ1) is 3.93. The molecule has 0 heteroatoms. The molecule has 0 radical (unpaired) electrons. The van der Waals surface area contributed by atoms with Gasteiger partial charge in [-0.2, -0.15) is 0 Å². The van der Waals surface area contributed by atoms with Crippen LogP contribution in [-0.4, -0.2) is 0 Å². The van der Waals surface area contributed by atoms with E-state index in [0.717, 1.165) is 18.4 Å². The average Bonchev–Trinajstić information content (AvgIpc) is 1.90. The highest BCUT2D eigenvalue weighted by Crippen LogP contribution is 2.07. The Morgan fingerprint density at radius 2 is 2.38 bits per heavy atom. The Kier molecular flexibility index (Phi) is 1.54. The molecule has 0 heterocycles. The van der Waals surface area contributed by atoms with Crippen molar-refractivity contribution < 1.29 is 0 Å². The molecular weight excluding hydrogens is 96.1 g/mol. The van der Waals surface area contributed by atoms with E-state index in [4.69, 9.17) is 6.42 Å². The van der Waals surface area contributed by atoms with Crippen LogP contribution in [0.3, 0.4) is 0 Å². The fraction of sp³-hybridized carbons (Fsp3) is 0.250. The van der Waals surface area contributed by atoms with Gasteiger partial charge in [0.2, 0.25) is 0 Å². The van der Waals surface area contributed by atoms with E-state index in [9.17, 15) is 0 Å². The summed E-state index contributed by atoms with van der Waals surface area (Å²) in [5.74, 6) is 2.58. The van der Waals surface area contributed by atoms with Crippen molar-refractivity contribution in [2.24, 2.45) is 0 Å². The zero-order valence-corrected chi connectivity index (χ0v) is 4.72. The molecule has 0 bridgehead atoms. The summed E-state index contributed by atoms with van der Waals surface area (Å²) in [4.78, 5) is 0. The van der Waals surface area contributed by atoms with E-state index in [-0.39, 0.29) is 0 Å². The molecule has 0 aliphatic heterocycles. The Hall–Kier alpha value is -0.960. The molecule has 0 saturated heterocycles. The molecule has 0 aromatic carbocycles. The van der Waals surface area contributed by atoms with Crippen LogP contribution in [0.2, 0.25) is 0 Å². The summed E-state index contributed by atoms with van der Waals surface area (Å²) in [6, 6.07) is 0. The molecule has 40 valence electrons. The molecule has 0 spiro atoms. The second-order valence-electron chi connectivity index (χ2n) is 1.78. The summed E-state index contributed by atoms with van der Waals surface area (Å²) in [6.45, 7) is 0. The van der Waals surface area contributed by atoms with Crippen molar-refractivity contribution in [3.63, 3.8) is 0 Å². The summed E-state index contributed by atoms with van der Waals surface area (Å²) in [6.07, 6.45) is 13.6. The Labute approximate surface area is 49.9 Å². The standard InChI is InChI=1S/C8H8/c1-2-8-6-4-3-5-7-8/h1,4,6-7H,3,5H2. The lowest BCUT2D eigenvalue weighted by Crippen LogP contribution is -1.78. The van der Waals surface area contributed by atoms with Crippen LogP contribution in [0.5, 0.6) is 0 Å². The van der Waals surface area contributed by atoms with Gasteiger partial charge >= 0.3 is 0 Å². The van der Waals surface area contributed by atoms with E-state index in [2.05, 4.69) is 18.1 Å². The first kappa shape index (κ1) is 5.18. The van der Waals surface area contributed by atoms with Gasteiger partial charge in [-0.25, -0.2) is 0 Å². The van der Waals surface area contributed by atoms with Gasteiger partial charge in [0, 0.05) is 5.57 Å². The van der Waals surface area contributed by atoms with Crippen molar-refractivity contribution in [1.29, 1.82) is 0 Å². The maximum absolute atomic E-state index is 5.13. The fourth-order valence-corrected chi connectivity index (χ4v) is 0.720. The largest absolute Gasteiger partial charge is 0.115 e. The van der Waals surface area contributed by atoms with E-state index < -0.39 is 0 Å². The smallest absolute Gasteiger partial charge is 0.0199 e. The van der Waals surface area contributed by atoms with Crippen LogP contribution in [0, 0.1) is 12.3 Å². The monoisotopic (exact) mass is 104 g/mol. The predicted octanol–water partition coefficient (Wildman–Crippen LogP) is 1.90. The van der Waals surface area contributed by atoms with Gasteiger partial charge in [-0.1, -0.05) is 24.1 Å². The number of hydrogen-bond donors (Lipinski definition) is 0. The van der Waals surface area contributed by atoms with Crippen LogP contribution in [0.4, 0.5) is 0 Å². The van der Waals surface area contributed by atoms with Crippen molar-refractivity contribution >= 4 is 0 Å². The highest BCUT2D eigenvalue weighted by Gasteiger charge is 1.89. The topological polar surface area (TPSA) is 0 Å². The fourth-order valence-electron chi connectivity index (χ4n) is 0.720. The predicted molar refractivity (Wildman–Crippen MR) is 35.3 cm³/mol. The number of hydrogen-bond acceptors (Lipinski definition) is 0. The minimum atomic E-state index is 1.02. The first-order valence-electron chi connectivity index (χ1n) is 2.77. The molecule has 1 rings (SSSR count). The minimum Gasteiger partial charge on any atom is -0.115 e. The highest BCUT2D eigenvalue weighted by molar-refractivity contribution is 5.37. The van der Waals surface area contributed by atoms with Gasteiger partial charge in [-0.15, -0.1) is 6.42 Å². The van der Waals surface area contributed by atoms with E-state index in [0.29, 0.717) is 0 Å². The highest BCUT2D eigenvalue weighted by atomic mass is 13.9. The first-order valence-corrected chi connectivity index (χ1v) is 2.77. The van der Waals surface area contributed by atoms with Crippen LogP contribution in [0.1, 0.15) is 12.8 Å². The molecule has 0 amide bonds. The van der Waals surface area contributed by atoms with Gasteiger partial charge in [-0.05, 0) is 12.8 Å². The maximum atomic E-state index is 5.13. The lowest BCUT2D eigenvalue weighted by atomic mass is 10.1. The van der Waals surface area contributed by atoms with Crippen molar-refractivity contribution in [2.45, 2.75) is 12.8 Å². The second-order valence-corrected chi connectivity index (χ2v) is 1.78. The van der Waals surface area contributed by atoms with Crippen LogP contribution in [-0.2, 0) is 0 Å². The summed E-state index contributed by atoms with van der Waals surface area (Å²) in [5.41, 5.74) is 1.02. The molecule has 8 heavy (non-hydrogen) atoms. The van der Waals surface area contributed by atoms with Crippen molar-refractivity contribution in [3.8, 4) is 12.3 Å². The summed E-state index contributed by atoms with van der Waals surface area (Å²) >= 11 is 0. The van der Waals surface area contributed by atoms with Crippen LogP contribution < -0.4 is 0 Å². The van der Waals surface area contributed by atoms with Crippen LogP contribution in [0.15, 0.2) is 23.8 Å². The lowest BCUT2D eigenvalue weighted by Gasteiger charge is -1.96. The van der Waals surface area contributed by atoms with Gasteiger partial charge < -0.3 is 0 Å². The van der Waals surface area contributed by atoms with E-state index in [1.165, 1.54) is 0 Å². The van der Waals surface area contributed by atoms with Crippen molar-refractivity contribution in [1.82, 2.24) is 0 Å². The summed E-state index contributed by atoms with van der Waals surface area (Å²) in [7, 11) is 0. The Morgan fingerprint density at radius 3 is 2.75 bits per heavy atom. The molecule has 0 nitrogen and oxygen atoms in total. The summed E-state index contributed by atoms with van der Waals surface area (Å²) < 4.78 is 0. The minimum absolute atomic E-state index is 1.02. The third kappa shape index (κ3) is 1.01. The van der Waals surface area contributed by atoms with Gasteiger partial charge in [0.25, 0.3) is 0 Å². The van der Waals surface area contributed by atoms with E-state index in [1.807, 2.05) is 6.08 Å². The van der Waals surface area contributed by atoms with E-state index in [1.54, 1.807) is 0 Å². The molecule has 0 atom stereocenters. The van der Waals surface area contributed by atoms with Gasteiger partial charge in [0.15, 0.2) is 0 Å². The molecule has 1 aliphatic rings. The Morgan fingerprint density at radius 1 is 1.50 bits per heavy atom. The maximum Gasteiger partial charge on any atom is 0.0199 e. The van der Waals surface area contributed by atoms with Gasteiger partial charge in [-0.3, -0.25) is 0 Å². The Bertz CT molecular complexity index is 165.